The Morgan fingerprint density at radius 3 is 2.67 bits per heavy atom. The lowest BCUT2D eigenvalue weighted by molar-refractivity contribution is 1.00. The number of hydrogen-bond acceptors (Lipinski definition) is 1. The van der Waals surface area contributed by atoms with Gasteiger partial charge in [-0.1, -0.05) is 23.8 Å². The lowest BCUT2D eigenvalue weighted by Gasteiger charge is -1.88. The SMILES string of the molecule is C/C=C\C(C)=C/CCN. The molecule has 0 heterocycles. The topological polar surface area (TPSA) is 26.0 Å². The predicted molar refractivity (Wildman–Crippen MR) is 42.2 cm³/mol. The van der Waals surface area contributed by atoms with Crippen LogP contribution in [0.25, 0.3) is 0 Å². The molecule has 0 radical (unpaired) electrons. The highest BCUT2D eigenvalue weighted by atomic mass is 14.5. The summed E-state index contributed by atoms with van der Waals surface area (Å²) in [5.41, 5.74) is 6.60. The molecule has 1 nitrogen and oxygen atoms in total. The molecular formula is C8H15N. The second-order valence-corrected chi connectivity index (χ2v) is 2.03. The standard InChI is InChI=1S/C8H15N/c1-3-5-8(2)6-4-7-9/h3,5-6H,4,7,9H2,1-2H3/b5-3-,8-6-. The van der Waals surface area contributed by atoms with Crippen molar-refractivity contribution in [1.29, 1.82) is 0 Å². The second kappa shape index (κ2) is 5.57. The van der Waals surface area contributed by atoms with Crippen LogP contribution < -0.4 is 5.73 Å². The highest BCUT2D eigenvalue weighted by molar-refractivity contribution is 5.14. The van der Waals surface area contributed by atoms with E-state index in [9.17, 15) is 0 Å². The van der Waals surface area contributed by atoms with E-state index in [1.807, 2.05) is 13.0 Å². The van der Waals surface area contributed by atoms with Crippen molar-refractivity contribution in [2.24, 2.45) is 5.73 Å². The van der Waals surface area contributed by atoms with E-state index in [0.717, 1.165) is 13.0 Å². The minimum Gasteiger partial charge on any atom is -0.330 e. The average Bonchev–Trinajstić information content (AvgIpc) is 1.85. The van der Waals surface area contributed by atoms with Gasteiger partial charge in [0.2, 0.25) is 0 Å². The van der Waals surface area contributed by atoms with E-state index in [1.165, 1.54) is 5.57 Å². The van der Waals surface area contributed by atoms with Crippen molar-refractivity contribution in [2.75, 3.05) is 6.54 Å². The number of allylic oxidation sites excluding steroid dienone is 3. The number of rotatable bonds is 3. The molecule has 0 fully saturated rings. The smallest absolute Gasteiger partial charge is 0.00424 e. The fourth-order valence-corrected chi connectivity index (χ4v) is 0.642. The van der Waals surface area contributed by atoms with Crippen molar-refractivity contribution < 1.29 is 0 Å². The fraction of sp³-hybridized carbons (Fsp3) is 0.500. The molecule has 1 heteroatoms. The fourth-order valence-electron chi connectivity index (χ4n) is 0.642. The van der Waals surface area contributed by atoms with Gasteiger partial charge in [-0.15, -0.1) is 0 Å². The van der Waals surface area contributed by atoms with E-state index in [2.05, 4.69) is 19.1 Å². The molecule has 0 aliphatic rings. The van der Waals surface area contributed by atoms with Crippen LogP contribution in [0.5, 0.6) is 0 Å². The first kappa shape index (κ1) is 8.44. The van der Waals surface area contributed by atoms with Gasteiger partial charge >= 0.3 is 0 Å². The van der Waals surface area contributed by atoms with Gasteiger partial charge in [0, 0.05) is 0 Å². The molecule has 0 saturated heterocycles. The summed E-state index contributed by atoms with van der Waals surface area (Å²) in [5.74, 6) is 0. The second-order valence-electron chi connectivity index (χ2n) is 2.03. The molecule has 0 spiro atoms. The molecule has 0 atom stereocenters. The van der Waals surface area contributed by atoms with Gasteiger partial charge in [0.15, 0.2) is 0 Å². The van der Waals surface area contributed by atoms with Crippen molar-refractivity contribution in [3.63, 3.8) is 0 Å². The van der Waals surface area contributed by atoms with Crippen LogP contribution in [0.4, 0.5) is 0 Å². The van der Waals surface area contributed by atoms with Gasteiger partial charge in [0.25, 0.3) is 0 Å². The van der Waals surface area contributed by atoms with Crippen molar-refractivity contribution in [3.8, 4) is 0 Å². The van der Waals surface area contributed by atoms with Crippen LogP contribution in [0.15, 0.2) is 23.8 Å². The monoisotopic (exact) mass is 125 g/mol. The Morgan fingerprint density at radius 1 is 1.56 bits per heavy atom. The molecule has 0 amide bonds. The molecule has 0 aliphatic heterocycles. The van der Waals surface area contributed by atoms with Gasteiger partial charge in [-0.05, 0) is 26.8 Å². The molecular weight excluding hydrogens is 110 g/mol. The van der Waals surface area contributed by atoms with E-state index >= 15 is 0 Å². The zero-order valence-corrected chi connectivity index (χ0v) is 6.22. The maximum atomic E-state index is 5.30. The molecule has 9 heavy (non-hydrogen) atoms. The van der Waals surface area contributed by atoms with Crippen molar-refractivity contribution in [2.45, 2.75) is 20.3 Å². The highest BCUT2D eigenvalue weighted by Gasteiger charge is 1.77. The van der Waals surface area contributed by atoms with Gasteiger partial charge in [-0.2, -0.15) is 0 Å². The molecule has 0 aromatic rings. The van der Waals surface area contributed by atoms with Crippen LogP contribution in [-0.4, -0.2) is 6.54 Å². The Hall–Kier alpha value is -0.560. The Bertz CT molecular complexity index is 112. The normalized spacial score (nSPS) is 13.0. The zero-order chi connectivity index (χ0) is 7.11. The number of nitrogens with two attached hydrogens (primary N) is 1. The largest absolute Gasteiger partial charge is 0.330 e. The van der Waals surface area contributed by atoms with Gasteiger partial charge < -0.3 is 5.73 Å². The van der Waals surface area contributed by atoms with E-state index in [1.54, 1.807) is 0 Å². The number of hydrogen-bond donors (Lipinski definition) is 1. The molecule has 52 valence electrons. The Balaban J connectivity index is 3.55. The van der Waals surface area contributed by atoms with E-state index in [4.69, 9.17) is 5.73 Å². The Labute approximate surface area is 57.3 Å². The van der Waals surface area contributed by atoms with Gasteiger partial charge in [-0.3, -0.25) is 0 Å². The van der Waals surface area contributed by atoms with Crippen LogP contribution >= 0.6 is 0 Å². The molecule has 0 aromatic heterocycles. The van der Waals surface area contributed by atoms with Crippen LogP contribution in [-0.2, 0) is 0 Å². The lowest BCUT2D eigenvalue weighted by atomic mass is 10.2. The molecule has 0 rings (SSSR count). The summed E-state index contributed by atoms with van der Waals surface area (Å²) in [7, 11) is 0. The third-order valence-electron chi connectivity index (χ3n) is 1.06. The maximum Gasteiger partial charge on any atom is -0.00424 e. The van der Waals surface area contributed by atoms with Crippen molar-refractivity contribution in [1.82, 2.24) is 0 Å². The van der Waals surface area contributed by atoms with Gasteiger partial charge in [0.1, 0.15) is 0 Å². The predicted octanol–water partition coefficient (Wildman–Crippen LogP) is 1.86. The molecule has 0 bridgehead atoms. The first-order valence-electron chi connectivity index (χ1n) is 3.30. The van der Waals surface area contributed by atoms with E-state index in [0.29, 0.717) is 0 Å². The summed E-state index contributed by atoms with van der Waals surface area (Å²) < 4.78 is 0. The third kappa shape index (κ3) is 5.31. The lowest BCUT2D eigenvalue weighted by Crippen LogP contribution is -1.95. The van der Waals surface area contributed by atoms with Crippen LogP contribution in [0.3, 0.4) is 0 Å². The first-order chi connectivity index (χ1) is 4.31. The minimum absolute atomic E-state index is 0.745. The maximum absolute atomic E-state index is 5.30. The zero-order valence-electron chi connectivity index (χ0n) is 6.22. The van der Waals surface area contributed by atoms with E-state index < -0.39 is 0 Å². The average molecular weight is 125 g/mol. The molecule has 0 unspecified atom stereocenters. The molecule has 0 aliphatic carbocycles. The highest BCUT2D eigenvalue weighted by Crippen LogP contribution is 1.95. The quantitative estimate of drug-likeness (QED) is 0.572. The van der Waals surface area contributed by atoms with Crippen molar-refractivity contribution >= 4 is 0 Å². The third-order valence-corrected chi connectivity index (χ3v) is 1.06. The van der Waals surface area contributed by atoms with Crippen LogP contribution in [0, 0.1) is 0 Å². The summed E-state index contributed by atoms with van der Waals surface area (Å²) in [6, 6.07) is 0. The molecule has 0 aromatic carbocycles. The summed E-state index contributed by atoms with van der Waals surface area (Å²) in [6.45, 7) is 4.84. The Kier molecular flexibility index (Phi) is 5.23. The summed E-state index contributed by atoms with van der Waals surface area (Å²) >= 11 is 0. The van der Waals surface area contributed by atoms with E-state index in [-0.39, 0.29) is 0 Å². The summed E-state index contributed by atoms with van der Waals surface area (Å²) in [5, 5.41) is 0. The van der Waals surface area contributed by atoms with Gasteiger partial charge in [0.05, 0.1) is 0 Å². The van der Waals surface area contributed by atoms with Gasteiger partial charge in [-0.25, -0.2) is 0 Å². The molecule has 0 saturated carbocycles. The summed E-state index contributed by atoms with van der Waals surface area (Å²) in [4.78, 5) is 0. The van der Waals surface area contributed by atoms with Crippen LogP contribution in [0.2, 0.25) is 0 Å². The first-order valence-corrected chi connectivity index (χ1v) is 3.30. The summed E-state index contributed by atoms with van der Waals surface area (Å²) in [6.07, 6.45) is 7.23. The minimum atomic E-state index is 0.745. The molecule has 2 N–H and O–H groups in total. The van der Waals surface area contributed by atoms with Crippen LogP contribution in [0.1, 0.15) is 20.3 Å². The van der Waals surface area contributed by atoms with Crippen molar-refractivity contribution in [3.05, 3.63) is 23.8 Å². The Morgan fingerprint density at radius 2 is 2.22 bits per heavy atom.